The van der Waals surface area contributed by atoms with Gasteiger partial charge in [0.1, 0.15) is 5.82 Å². The molecule has 1 aromatic carbocycles. The van der Waals surface area contributed by atoms with Crippen LogP contribution in [0.1, 0.15) is 30.7 Å². The predicted octanol–water partition coefficient (Wildman–Crippen LogP) is 2.71. The van der Waals surface area contributed by atoms with Gasteiger partial charge in [0.05, 0.1) is 11.8 Å². The van der Waals surface area contributed by atoms with Crippen LogP contribution >= 0.6 is 0 Å². The van der Waals surface area contributed by atoms with E-state index in [9.17, 15) is 9.50 Å². The zero-order valence-electron chi connectivity index (χ0n) is 10.4. The molecule has 1 N–H and O–H groups in total. The van der Waals surface area contributed by atoms with E-state index in [-0.39, 0.29) is 12.2 Å². The van der Waals surface area contributed by atoms with Crippen LogP contribution in [-0.4, -0.2) is 14.9 Å². The van der Waals surface area contributed by atoms with Gasteiger partial charge < -0.3 is 5.11 Å². The highest BCUT2D eigenvalue weighted by molar-refractivity contribution is 5.20. The molecule has 0 bridgehead atoms. The Labute approximate surface area is 106 Å². The van der Waals surface area contributed by atoms with Crippen molar-refractivity contribution < 1.29 is 9.50 Å². The van der Waals surface area contributed by atoms with Crippen LogP contribution in [0.25, 0.3) is 0 Å². The predicted molar refractivity (Wildman–Crippen MR) is 67.6 cm³/mol. The Morgan fingerprint density at radius 3 is 2.83 bits per heavy atom. The summed E-state index contributed by atoms with van der Waals surface area (Å²) in [6.45, 7) is 2.81. The third-order valence-corrected chi connectivity index (χ3v) is 2.90. The molecule has 0 aliphatic carbocycles. The van der Waals surface area contributed by atoms with Crippen molar-refractivity contribution in [1.29, 1.82) is 0 Å². The van der Waals surface area contributed by atoms with E-state index in [2.05, 4.69) is 12.0 Å². The molecule has 0 amide bonds. The lowest BCUT2D eigenvalue weighted by Crippen LogP contribution is -2.11. The van der Waals surface area contributed by atoms with Crippen molar-refractivity contribution in [3.05, 3.63) is 53.6 Å². The average molecular weight is 248 g/mol. The van der Waals surface area contributed by atoms with Crippen LogP contribution < -0.4 is 0 Å². The molecule has 0 fully saturated rings. The molecular formula is C14H17FN2O. The summed E-state index contributed by atoms with van der Waals surface area (Å²) in [4.78, 5) is 0. The van der Waals surface area contributed by atoms with E-state index in [1.54, 1.807) is 35.1 Å². The molecule has 2 aromatic rings. The summed E-state index contributed by atoms with van der Waals surface area (Å²) in [5.41, 5.74) is 1.26. The first kappa shape index (κ1) is 12.8. The Balaban J connectivity index is 2.14. The Morgan fingerprint density at radius 2 is 2.11 bits per heavy atom. The summed E-state index contributed by atoms with van der Waals surface area (Å²) in [5, 5.41) is 14.3. The van der Waals surface area contributed by atoms with Gasteiger partial charge in [-0.1, -0.05) is 25.1 Å². The van der Waals surface area contributed by atoms with Gasteiger partial charge in [-0.25, -0.2) is 4.39 Å². The smallest absolute Gasteiger partial charge is 0.126 e. The van der Waals surface area contributed by atoms with E-state index in [4.69, 9.17) is 0 Å². The molecule has 96 valence electrons. The van der Waals surface area contributed by atoms with Crippen molar-refractivity contribution in [2.75, 3.05) is 0 Å². The van der Waals surface area contributed by atoms with Crippen LogP contribution in [0.2, 0.25) is 0 Å². The molecule has 1 atom stereocenters. The number of hydrogen-bond donors (Lipinski definition) is 1. The third kappa shape index (κ3) is 2.76. The molecule has 0 spiro atoms. The minimum atomic E-state index is -0.726. The summed E-state index contributed by atoms with van der Waals surface area (Å²) in [6, 6.07) is 8.30. The molecule has 0 radical (unpaired) electrons. The van der Waals surface area contributed by atoms with E-state index >= 15 is 0 Å². The highest BCUT2D eigenvalue weighted by atomic mass is 19.1. The van der Waals surface area contributed by atoms with E-state index in [0.717, 1.165) is 18.7 Å². The van der Waals surface area contributed by atoms with Gasteiger partial charge >= 0.3 is 0 Å². The molecule has 1 heterocycles. The number of aliphatic hydroxyl groups is 1. The van der Waals surface area contributed by atoms with Crippen molar-refractivity contribution in [2.24, 2.45) is 0 Å². The fourth-order valence-corrected chi connectivity index (χ4v) is 2.00. The summed E-state index contributed by atoms with van der Waals surface area (Å²) in [7, 11) is 0. The quantitative estimate of drug-likeness (QED) is 0.883. The van der Waals surface area contributed by atoms with Crippen LogP contribution in [0.5, 0.6) is 0 Å². The lowest BCUT2D eigenvalue weighted by atomic mass is 10.1. The highest BCUT2D eigenvalue weighted by Crippen LogP contribution is 2.19. The number of aromatic nitrogens is 2. The van der Waals surface area contributed by atoms with Gasteiger partial charge in [-0.3, -0.25) is 4.68 Å². The maximum atomic E-state index is 13.5. The zero-order chi connectivity index (χ0) is 13.0. The van der Waals surface area contributed by atoms with Gasteiger partial charge in [0, 0.05) is 19.2 Å². The van der Waals surface area contributed by atoms with Gasteiger partial charge in [-0.2, -0.15) is 5.10 Å². The van der Waals surface area contributed by atoms with Crippen molar-refractivity contribution in [3.8, 4) is 0 Å². The average Bonchev–Trinajstić information content (AvgIpc) is 2.81. The minimum Gasteiger partial charge on any atom is -0.386 e. The molecule has 1 aromatic heterocycles. The van der Waals surface area contributed by atoms with E-state index in [1.165, 1.54) is 6.07 Å². The van der Waals surface area contributed by atoms with E-state index in [0.29, 0.717) is 5.56 Å². The highest BCUT2D eigenvalue weighted by Gasteiger charge is 2.15. The number of nitrogens with zero attached hydrogens (tertiary/aromatic N) is 2. The maximum absolute atomic E-state index is 13.5. The zero-order valence-corrected chi connectivity index (χ0v) is 10.4. The van der Waals surface area contributed by atoms with Gasteiger partial charge in [-0.05, 0) is 24.1 Å². The van der Waals surface area contributed by atoms with Gasteiger partial charge in [0.25, 0.3) is 0 Å². The van der Waals surface area contributed by atoms with Crippen molar-refractivity contribution in [2.45, 2.75) is 32.4 Å². The molecule has 0 aliphatic rings. The van der Waals surface area contributed by atoms with Crippen LogP contribution in [0.3, 0.4) is 0 Å². The fraction of sp³-hybridized carbons (Fsp3) is 0.357. The van der Waals surface area contributed by atoms with E-state index in [1.807, 2.05) is 0 Å². The molecule has 0 saturated heterocycles. The van der Waals surface area contributed by atoms with Crippen LogP contribution in [-0.2, 0) is 13.0 Å². The molecule has 4 heteroatoms. The first-order valence-electron chi connectivity index (χ1n) is 6.15. The summed E-state index contributed by atoms with van der Waals surface area (Å²) < 4.78 is 15.3. The number of halogens is 1. The summed E-state index contributed by atoms with van der Waals surface area (Å²) >= 11 is 0. The monoisotopic (exact) mass is 248 g/mol. The maximum Gasteiger partial charge on any atom is 0.126 e. The van der Waals surface area contributed by atoms with Crippen LogP contribution in [0.15, 0.2) is 36.5 Å². The molecule has 0 aliphatic heterocycles. The summed E-state index contributed by atoms with van der Waals surface area (Å²) in [5.74, 6) is -0.280. The first-order chi connectivity index (χ1) is 8.72. The molecule has 0 saturated carbocycles. The van der Waals surface area contributed by atoms with Crippen molar-refractivity contribution in [3.63, 3.8) is 0 Å². The largest absolute Gasteiger partial charge is 0.386 e. The Hall–Kier alpha value is -1.68. The molecule has 3 nitrogen and oxygen atoms in total. The second kappa shape index (κ2) is 5.78. The number of aliphatic hydroxyl groups excluding tert-OH is 1. The lowest BCUT2D eigenvalue weighted by molar-refractivity contribution is 0.165. The Kier molecular flexibility index (Phi) is 4.10. The van der Waals surface area contributed by atoms with Crippen molar-refractivity contribution in [1.82, 2.24) is 9.78 Å². The van der Waals surface area contributed by atoms with Crippen molar-refractivity contribution >= 4 is 0 Å². The molecular weight excluding hydrogens is 231 g/mol. The van der Waals surface area contributed by atoms with Gasteiger partial charge in [0.2, 0.25) is 0 Å². The Morgan fingerprint density at radius 1 is 1.33 bits per heavy atom. The fourth-order valence-electron chi connectivity index (χ4n) is 2.00. The number of aryl methyl sites for hydroxylation is 1. The van der Waals surface area contributed by atoms with Crippen LogP contribution in [0, 0.1) is 5.82 Å². The number of benzene rings is 1. The topological polar surface area (TPSA) is 38.0 Å². The minimum absolute atomic E-state index is 0.266. The third-order valence-electron chi connectivity index (χ3n) is 2.90. The second-order valence-corrected chi connectivity index (χ2v) is 4.29. The standard InChI is InChI=1S/C14H17FN2O/c1-2-9-17-13(7-8-16-17)14(18)10-11-5-3-4-6-12(11)15/h3-8,14,18H,2,9-10H2,1H3. The number of hydrogen-bond acceptors (Lipinski definition) is 2. The normalized spacial score (nSPS) is 12.6. The first-order valence-corrected chi connectivity index (χ1v) is 6.15. The van der Waals surface area contributed by atoms with Gasteiger partial charge in [-0.15, -0.1) is 0 Å². The van der Waals surface area contributed by atoms with Crippen LogP contribution in [0.4, 0.5) is 4.39 Å². The SMILES string of the molecule is CCCn1nccc1C(O)Cc1ccccc1F. The molecule has 1 unspecified atom stereocenters. The van der Waals surface area contributed by atoms with E-state index < -0.39 is 6.10 Å². The summed E-state index contributed by atoms with van der Waals surface area (Å²) in [6.07, 6.45) is 2.15. The second-order valence-electron chi connectivity index (χ2n) is 4.29. The lowest BCUT2D eigenvalue weighted by Gasteiger charge is -2.13. The molecule has 2 rings (SSSR count). The molecule has 18 heavy (non-hydrogen) atoms. The van der Waals surface area contributed by atoms with Gasteiger partial charge in [0.15, 0.2) is 0 Å². The number of rotatable bonds is 5. The Bertz CT molecular complexity index is 510.